The molecule has 2 aromatic carbocycles. The van der Waals surface area contributed by atoms with E-state index in [1.807, 2.05) is 42.5 Å². The van der Waals surface area contributed by atoms with Crippen molar-refractivity contribution in [2.75, 3.05) is 12.4 Å². The molecule has 1 N–H and O–H groups in total. The van der Waals surface area contributed by atoms with Crippen molar-refractivity contribution in [3.8, 4) is 5.69 Å². The molecule has 0 aliphatic carbocycles. The number of esters is 1. The second kappa shape index (κ2) is 10.3. The molecule has 0 aliphatic rings. The summed E-state index contributed by atoms with van der Waals surface area (Å²) in [4.78, 5) is 42.1. The van der Waals surface area contributed by atoms with Gasteiger partial charge < -0.3 is 9.72 Å². The van der Waals surface area contributed by atoms with E-state index in [4.69, 9.17) is 4.74 Å². The Morgan fingerprint density at radius 3 is 2.47 bits per heavy atom. The van der Waals surface area contributed by atoms with Crippen LogP contribution in [-0.4, -0.2) is 48.3 Å². The van der Waals surface area contributed by atoms with Gasteiger partial charge in [-0.05, 0) is 62.6 Å². The van der Waals surface area contributed by atoms with Crippen LogP contribution in [0.25, 0.3) is 22.4 Å². The number of para-hydroxylation sites is 1. The number of hydrogen-bond acceptors (Lipinski definition) is 7. The first-order valence-electron chi connectivity index (χ1n) is 12.4. The van der Waals surface area contributed by atoms with Crippen molar-refractivity contribution in [2.45, 2.75) is 39.3 Å². The zero-order valence-electron chi connectivity index (χ0n) is 21.6. The van der Waals surface area contributed by atoms with Gasteiger partial charge in [-0.1, -0.05) is 43.0 Å². The Balaban J connectivity index is 1.54. The Kier molecular flexibility index (Phi) is 6.90. The molecular weight excluding hydrogens is 502 g/mol. The first kappa shape index (κ1) is 25.5. The number of rotatable bonds is 8. The quantitative estimate of drug-likeness (QED) is 0.176. The van der Waals surface area contributed by atoms with E-state index in [2.05, 4.69) is 22.1 Å². The predicted molar refractivity (Wildman–Crippen MR) is 147 cm³/mol. The molecule has 3 heterocycles. The maximum absolute atomic E-state index is 13.5. The summed E-state index contributed by atoms with van der Waals surface area (Å²) >= 11 is 1.22. The Morgan fingerprint density at radius 2 is 1.76 bits per heavy atom. The van der Waals surface area contributed by atoms with E-state index < -0.39 is 5.97 Å². The van der Waals surface area contributed by atoms with Gasteiger partial charge in [0, 0.05) is 5.69 Å². The lowest BCUT2D eigenvalue weighted by Gasteiger charge is -2.11. The van der Waals surface area contributed by atoms with Crippen LogP contribution in [0.4, 0.5) is 0 Å². The molecule has 10 heteroatoms. The number of ether oxygens (including phenoxy) is 1. The van der Waals surface area contributed by atoms with Crippen molar-refractivity contribution in [3.05, 3.63) is 87.0 Å². The van der Waals surface area contributed by atoms with E-state index >= 15 is 0 Å². The fourth-order valence-corrected chi connectivity index (χ4v) is 5.44. The van der Waals surface area contributed by atoms with Crippen LogP contribution in [0.2, 0.25) is 0 Å². The van der Waals surface area contributed by atoms with Gasteiger partial charge in [0.1, 0.15) is 0 Å². The number of benzene rings is 2. The van der Waals surface area contributed by atoms with Crippen molar-refractivity contribution < 1.29 is 14.3 Å². The van der Waals surface area contributed by atoms with Crippen molar-refractivity contribution >= 4 is 40.2 Å². The molecule has 0 aliphatic heterocycles. The molecule has 0 saturated carbocycles. The number of hydrogen-bond donors (Lipinski definition) is 1. The number of aromatic amines is 1. The van der Waals surface area contributed by atoms with E-state index in [1.165, 1.54) is 11.8 Å². The van der Waals surface area contributed by atoms with Crippen molar-refractivity contribution in [1.82, 2.24) is 24.1 Å². The molecule has 0 bridgehead atoms. The van der Waals surface area contributed by atoms with E-state index in [1.54, 1.807) is 35.8 Å². The number of nitrogens with zero attached hydrogens (tertiary/aromatic N) is 4. The van der Waals surface area contributed by atoms with Gasteiger partial charge in [-0.15, -0.1) is 10.2 Å². The zero-order valence-corrected chi connectivity index (χ0v) is 22.4. The summed E-state index contributed by atoms with van der Waals surface area (Å²) in [5.74, 6) is -0.215. The molecule has 0 fully saturated rings. The van der Waals surface area contributed by atoms with Crippen LogP contribution in [0.5, 0.6) is 0 Å². The third kappa shape index (κ3) is 4.30. The third-order valence-electron chi connectivity index (χ3n) is 6.53. The molecule has 194 valence electrons. The van der Waals surface area contributed by atoms with Gasteiger partial charge in [0.05, 0.1) is 40.2 Å². The van der Waals surface area contributed by atoms with Gasteiger partial charge in [0.25, 0.3) is 5.56 Å². The van der Waals surface area contributed by atoms with Crippen molar-refractivity contribution in [3.63, 3.8) is 0 Å². The maximum atomic E-state index is 13.5. The van der Waals surface area contributed by atoms with Crippen LogP contribution in [0.15, 0.2) is 58.5 Å². The van der Waals surface area contributed by atoms with Crippen molar-refractivity contribution in [2.24, 2.45) is 0 Å². The highest BCUT2D eigenvalue weighted by Gasteiger charge is 2.24. The molecule has 38 heavy (non-hydrogen) atoms. The van der Waals surface area contributed by atoms with Crippen LogP contribution in [0, 0.1) is 13.8 Å². The second-order valence-corrected chi connectivity index (χ2v) is 9.80. The topological polar surface area (TPSA) is 111 Å². The number of nitrogens with one attached hydrogen (secondary N) is 1. The first-order valence-corrected chi connectivity index (χ1v) is 13.3. The van der Waals surface area contributed by atoms with Crippen LogP contribution >= 0.6 is 11.8 Å². The fraction of sp³-hybridized carbons (Fsp3) is 0.250. The number of thioether (sulfide) groups is 1. The lowest BCUT2D eigenvalue weighted by molar-refractivity contribution is 0.0525. The summed E-state index contributed by atoms with van der Waals surface area (Å²) in [6, 6.07) is 15.1. The SMILES string of the molecule is CCOC(=O)c1c(C)[nH]c(C(=O)CSc2nnc3n(-c4ccc(CC)cc4)c(=O)c4ccccc4n23)c1C. The van der Waals surface area contributed by atoms with Gasteiger partial charge in [-0.3, -0.25) is 14.0 Å². The lowest BCUT2D eigenvalue weighted by atomic mass is 10.1. The van der Waals surface area contributed by atoms with E-state index in [0.29, 0.717) is 50.0 Å². The van der Waals surface area contributed by atoms with Crippen LogP contribution in [0.3, 0.4) is 0 Å². The fourth-order valence-electron chi connectivity index (χ4n) is 4.63. The normalized spacial score (nSPS) is 11.4. The van der Waals surface area contributed by atoms with Crippen LogP contribution < -0.4 is 5.56 Å². The number of aryl methyl sites for hydroxylation is 2. The predicted octanol–water partition coefficient (Wildman–Crippen LogP) is 4.69. The van der Waals surface area contributed by atoms with E-state index in [0.717, 1.165) is 12.0 Å². The standard InChI is InChI=1S/C28H27N5O4S/c1-5-18-11-13-19(14-12-18)32-25(35)20-9-7-8-10-21(20)33-27(32)30-31-28(33)38-15-22(34)24-16(3)23(17(4)29-24)26(36)37-6-2/h7-14,29H,5-6,15H2,1-4H3. The average Bonchev–Trinajstić information content (AvgIpc) is 3.48. The Hall–Kier alpha value is -4.18. The number of ketones is 1. The van der Waals surface area contributed by atoms with E-state index in [-0.39, 0.29) is 23.7 Å². The number of Topliss-reactive ketones (excluding diaryl/α,β-unsaturated/α-hetero) is 1. The molecule has 0 saturated heterocycles. The number of H-pyrrole nitrogens is 1. The Bertz CT molecular complexity index is 1750. The summed E-state index contributed by atoms with van der Waals surface area (Å²) < 4.78 is 8.49. The molecule has 0 atom stereocenters. The third-order valence-corrected chi connectivity index (χ3v) is 7.45. The zero-order chi connectivity index (χ0) is 27.0. The van der Waals surface area contributed by atoms with Gasteiger partial charge in [0.2, 0.25) is 5.78 Å². The molecule has 0 amide bonds. The molecule has 5 rings (SSSR count). The average molecular weight is 530 g/mol. The van der Waals surface area contributed by atoms with Gasteiger partial charge in [-0.2, -0.15) is 0 Å². The largest absolute Gasteiger partial charge is 0.462 e. The number of carbonyl (C=O) groups excluding carboxylic acids is 2. The summed E-state index contributed by atoms with van der Waals surface area (Å²) in [7, 11) is 0. The minimum atomic E-state index is -0.453. The molecule has 0 radical (unpaired) electrons. The summed E-state index contributed by atoms with van der Waals surface area (Å²) in [5.41, 5.74) is 4.22. The van der Waals surface area contributed by atoms with Crippen LogP contribution in [-0.2, 0) is 11.2 Å². The van der Waals surface area contributed by atoms with E-state index in [9.17, 15) is 14.4 Å². The number of fused-ring (bicyclic) bond motifs is 3. The minimum Gasteiger partial charge on any atom is -0.462 e. The molecular formula is C28H27N5O4S. The highest BCUT2D eigenvalue weighted by Crippen LogP contribution is 2.26. The lowest BCUT2D eigenvalue weighted by Crippen LogP contribution is -2.21. The van der Waals surface area contributed by atoms with Gasteiger partial charge in [0.15, 0.2) is 10.9 Å². The van der Waals surface area contributed by atoms with Crippen LogP contribution in [0.1, 0.15) is 51.5 Å². The number of aromatic nitrogens is 5. The summed E-state index contributed by atoms with van der Waals surface area (Å²) in [6.45, 7) is 7.55. The van der Waals surface area contributed by atoms with Gasteiger partial charge >= 0.3 is 5.97 Å². The molecule has 0 unspecified atom stereocenters. The smallest absolute Gasteiger partial charge is 0.340 e. The Labute approximate surface area is 222 Å². The monoisotopic (exact) mass is 529 g/mol. The minimum absolute atomic E-state index is 0.0580. The second-order valence-electron chi connectivity index (χ2n) is 8.85. The highest BCUT2D eigenvalue weighted by atomic mass is 32.2. The number of carbonyl (C=O) groups is 2. The molecule has 5 aromatic rings. The summed E-state index contributed by atoms with van der Waals surface area (Å²) in [5, 5.41) is 9.70. The first-order chi connectivity index (χ1) is 18.3. The highest BCUT2D eigenvalue weighted by molar-refractivity contribution is 7.99. The molecule has 3 aromatic heterocycles. The molecule has 9 nitrogen and oxygen atoms in total. The summed E-state index contributed by atoms with van der Waals surface area (Å²) in [6.07, 6.45) is 0.892. The molecule has 0 spiro atoms. The van der Waals surface area contributed by atoms with Crippen molar-refractivity contribution in [1.29, 1.82) is 0 Å². The van der Waals surface area contributed by atoms with Gasteiger partial charge in [-0.25, -0.2) is 9.36 Å². The Morgan fingerprint density at radius 1 is 1.03 bits per heavy atom. The maximum Gasteiger partial charge on any atom is 0.340 e.